The first-order valence-corrected chi connectivity index (χ1v) is 13.7. The van der Waals surface area contributed by atoms with Crippen LogP contribution in [0.15, 0.2) is 53.5 Å². The minimum Gasteiger partial charge on any atom is -0.494 e. The molecule has 1 saturated heterocycles. The van der Waals surface area contributed by atoms with Crippen molar-refractivity contribution in [2.75, 3.05) is 48.8 Å². The molecule has 11 nitrogen and oxygen atoms in total. The van der Waals surface area contributed by atoms with Crippen molar-refractivity contribution in [3.05, 3.63) is 69.9 Å². The lowest BCUT2D eigenvalue weighted by Crippen LogP contribution is -2.50. The van der Waals surface area contributed by atoms with Crippen LogP contribution in [0.3, 0.4) is 0 Å². The van der Waals surface area contributed by atoms with E-state index in [-0.39, 0.29) is 33.8 Å². The van der Waals surface area contributed by atoms with Crippen molar-refractivity contribution in [1.29, 1.82) is 0 Å². The van der Waals surface area contributed by atoms with Crippen LogP contribution >= 0.6 is 11.6 Å². The van der Waals surface area contributed by atoms with E-state index in [0.29, 0.717) is 43.0 Å². The van der Waals surface area contributed by atoms with Crippen LogP contribution in [-0.2, 0) is 4.74 Å². The molecule has 42 heavy (non-hydrogen) atoms. The number of carbonyl (C=O) groups is 1. The maximum atomic E-state index is 14.6. The van der Waals surface area contributed by atoms with Gasteiger partial charge in [0.25, 0.3) is 5.56 Å². The van der Waals surface area contributed by atoms with Crippen LogP contribution in [0.2, 0.25) is 5.02 Å². The number of hydrogen-bond acceptors (Lipinski definition) is 9. The molecule has 0 atom stereocenters. The van der Waals surface area contributed by atoms with E-state index in [1.54, 1.807) is 24.1 Å². The Kier molecular flexibility index (Phi) is 8.08. The summed E-state index contributed by atoms with van der Waals surface area (Å²) in [5.41, 5.74) is 0.610. The highest BCUT2D eigenvalue weighted by atomic mass is 35.5. The van der Waals surface area contributed by atoms with Crippen molar-refractivity contribution in [2.45, 2.75) is 26.4 Å². The Labute approximate surface area is 246 Å². The highest BCUT2D eigenvalue weighted by molar-refractivity contribution is 6.31. The lowest BCUT2D eigenvalue weighted by molar-refractivity contribution is 0.0240. The van der Waals surface area contributed by atoms with E-state index < -0.39 is 17.0 Å². The van der Waals surface area contributed by atoms with Crippen LogP contribution in [0.1, 0.15) is 20.8 Å². The fourth-order valence-electron chi connectivity index (χ4n) is 4.60. The van der Waals surface area contributed by atoms with Gasteiger partial charge in [0.1, 0.15) is 23.0 Å². The molecule has 3 heterocycles. The zero-order chi connectivity index (χ0) is 30.0. The third-order valence-corrected chi connectivity index (χ3v) is 6.89. The van der Waals surface area contributed by atoms with Crippen molar-refractivity contribution in [3.63, 3.8) is 0 Å². The van der Waals surface area contributed by atoms with Crippen LogP contribution < -0.4 is 25.8 Å². The minimum absolute atomic E-state index is 0.0340. The molecule has 220 valence electrons. The molecule has 0 unspecified atom stereocenters. The van der Waals surface area contributed by atoms with Gasteiger partial charge in [0.15, 0.2) is 5.82 Å². The van der Waals surface area contributed by atoms with Crippen molar-refractivity contribution in [3.8, 4) is 5.75 Å². The number of pyridine rings is 1. The molecule has 1 fully saturated rings. The number of carbonyl (C=O) groups excluding carboxylic acids is 1. The normalized spacial score (nSPS) is 13.7. The van der Waals surface area contributed by atoms with Crippen LogP contribution in [-0.4, -0.2) is 65.1 Å². The molecular formula is C29H31ClFN7O4. The number of benzene rings is 2. The minimum atomic E-state index is -0.621. The van der Waals surface area contributed by atoms with Gasteiger partial charge in [-0.05, 0) is 51.1 Å². The molecular weight excluding hydrogens is 565 g/mol. The molecule has 1 amide bonds. The Morgan fingerprint density at radius 2 is 1.83 bits per heavy atom. The van der Waals surface area contributed by atoms with E-state index in [0.717, 1.165) is 5.69 Å². The van der Waals surface area contributed by atoms with Crippen LogP contribution in [0.4, 0.5) is 37.9 Å². The summed E-state index contributed by atoms with van der Waals surface area (Å²) in [6.07, 6.45) is 1.17. The lowest BCUT2D eigenvalue weighted by Gasteiger charge is -2.37. The number of halogens is 2. The first kappa shape index (κ1) is 28.9. The van der Waals surface area contributed by atoms with Crippen LogP contribution in [0, 0.1) is 5.82 Å². The predicted molar refractivity (Wildman–Crippen MR) is 161 cm³/mol. The molecule has 1 aliphatic rings. The van der Waals surface area contributed by atoms with Gasteiger partial charge in [-0.2, -0.15) is 5.10 Å². The SMILES string of the molecule is COc1cc(N2CCN(C(=O)OC(C)(C)C)CC2)ccc1Nc1nc(Nc2cccc(Cl)c2F)cc2cn[nH]c(=O)c12. The number of rotatable bonds is 6. The van der Waals surface area contributed by atoms with E-state index in [1.165, 1.54) is 18.3 Å². The second-order valence-corrected chi connectivity index (χ2v) is 11.1. The number of ether oxygens (including phenoxy) is 2. The number of nitrogens with zero attached hydrogens (tertiary/aromatic N) is 4. The average molecular weight is 596 g/mol. The number of H-pyrrole nitrogens is 1. The summed E-state index contributed by atoms with van der Waals surface area (Å²) in [4.78, 5) is 33.6. The molecule has 1 aliphatic heterocycles. The molecule has 0 bridgehead atoms. The number of anilines is 5. The number of hydrogen-bond donors (Lipinski definition) is 3. The maximum Gasteiger partial charge on any atom is 0.410 e. The summed E-state index contributed by atoms with van der Waals surface area (Å²) in [5.74, 6) is 0.390. The van der Waals surface area contributed by atoms with Gasteiger partial charge in [-0.25, -0.2) is 19.3 Å². The molecule has 13 heteroatoms. The zero-order valence-electron chi connectivity index (χ0n) is 23.6. The van der Waals surface area contributed by atoms with Gasteiger partial charge in [0.05, 0.1) is 35.1 Å². The average Bonchev–Trinajstić information content (AvgIpc) is 2.95. The number of methoxy groups -OCH3 is 1. The van der Waals surface area contributed by atoms with Crippen molar-refractivity contribution < 1.29 is 18.7 Å². The van der Waals surface area contributed by atoms with E-state index in [4.69, 9.17) is 21.1 Å². The van der Waals surface area contributed by atoms with Gasteiger partial charge in [-0.15, -0.1) is 0 Å². The Bertz CT molecular complexity index is 1680. The highest BCUT2D eigenvalue weighted by Crippen LogP contribution is 2.35. The molecule has 0 aliphatic carbocycles. The first-order valence-electron chi connectivity index (χ1n) is 13.3. The molecule has 0 radical (unpaired) electrons. The van der Waals surface area contributed by atoms with Crippen LogP contribution in [0.25, 0.3) is 10.8 Å². The predicted octanol–water partition coefficient (Wildman–Crippen LogP) is 5.66. The molecule has 4 aromatic rings. The monoisotopic (exact) mass is 595 g/mol. The van der Waals surface area contributed by atoms with Gasteiger partial charge < -0.3 is 29.9 Å². The van der Waals surface area contributed by atoms with Crippen molar-refractivity contribution in [2.24, 2.45) is 0 Å². The largest absolute Gasteiger partial charge is 0.494 e. The number of piperazine rings is 1. The van der Waals surface area contributed by atoms with E-state index in [2.05, 4.69) is 30.7 Å². The zero-order valence-corrected chi connectivity index (χ0v) is 24.4. The summed E-state index contributed by atoms with van der Waals surface area (Å²) in [6, 6.07) is 11.8. The number of fused-ring (bicyclic) bond motifs is 1. The van der Waals surface area contributed by atoms with Crippen molar-refractivity contribution in [1.82, 2.24) is 20.1 Å². The molecule has 3 N–H and O–H groups in total. The van der Waals surface area contributed by atoms with E-state index in [1.807, 2.05) is 39.0 Å². The quantitative estimate of drug-likeness (QED) is 0.259. The molecule has 2 aromatic heterocycles. The third-order valence-electron chi connectivity index (χ3n) is 6.60. The number of aromatic nitrogens is 3. The van der Waals surface area contributed by atoms with Crippen LogP contribution in [0.5, 0.6) is 5.75 Å². The second kappa shape index (κ2) is 11.7. The Balaban J connectivity index is 1.40. The number of aromatic amines is 1. The standard InChI is InChI=1S/C29H31ClFN7O4/c1-29(2,3)42-28(40)38-12-10-37(11-13-38)18-8-9-20(22(15-18)41-4)34-26-24-17(16-32-36-27(24)39)14-23(35-26)33-21-7-5-6-19(30)25(21)31/h5-9,14-16H,10-13H2,1-4H3,(H,36,39)(H2,33,34,35). The fraction of sp³-hybridized carbons (Fsp3) is 0.310. The smallest absolute Gasteiger partial charge is 0.410 e. The van der Waals surface area contributed by atoms with E-state index >= 15 is 0 Å². The van der Waals surface area contributed by atoms with Gasteiger partial charge in [0.2, 0.25) is 0 Å². The highest BCUT2D eigenvalue weighted by Gasteiger charge is 2.26. The lowest BCUT2D eigenvalue weighted by atomic mass is 10.2. The summed E-state index contributed by atoms with van der Waals surface area (Å²) in [6.45, 7) is 7.84. The summed E-state index contributed by atoms with van der Waals surface area (Å²) < 4.78 is 25.8. The van der Waals surface area contributed by atoms with Gasteiger partial charge in [0, 0.05) is 43.3 Å². The summed E-state index contributed by atoms with van der Waals surface area (Å²) in [5, 5.41) is 13.2. The Morgan fingerprint density at radius 1 is 1.07 bits per heavy atom. The molecule has 0 saturated carbocycles. The second-order valence-electron chi connectivity index (χ2n) is 10.7. The van der Waals surface area contributed by atoms with Gasteiger partial charge in [-0.3, -0.25) is 4.79 Å². The number of nitrogens with one attached hydrogen (secondary N) is 3. The van der Waals surface area contributed by atoms with Gasteiger partial charge in [-0.1, -0.05) is 17.7 Å². The fourth-order valence-corrected chi connectivity index (χ4v) is 4.77. The maximum absolute atomic E-state index is 14.6. The summed E-state index contributed by atoms with van der Waals surface area (Å²) in [7, 11) is 1.55. The topological polar surface area (TPSA) is 125 Å². The van der Waals surface area contributed by atoms with Crippen molar-refractivity contribution >= 4 is 57.2 Å². The molecule has 0 spiro atoms. The van der Waals surface area contributed by atoms with E-state index in [9.17, 15) is 14.0 Å². The Morgan fingerprint density at radius 3 is 2.55 bits per heavy atom. The molecule has 5 rings (SSSR count). The number of amides is 1. The molecule has 2 aromatic carbocycles. The van der Waals surface area contributed by atoms with Gasteiger partial charge >= 0.3 is 6.09 Å². The Hall–Kier alpha value is -4.58. The first-order chi connectivity index (χ1) is 20.0. The third kappa shape index (κ3) is 6.33. The summed E-state index contributed by atoms with van der Waals surface area (Å²) >= 11 is 5.94.